The summed E-state index contributed by atoms with van der Waals surface area (Å²) in [5.74, 6) is -1.94. The molecule has 1 saturated carbocycles. The number of alkyl halides is 4. The van der Waals surface area contributed by atoms with Crippen LogP contribution in [0.3, 0.4) is 0 Å². The van der Waals surface area contributed by atoms with Crippen LogP contribution in [0, 0.1) is 11.7 Å². The lowest BCUT2D eigenvalue weighted by atomic mass is 9.86. The number of rotatable bonds is 8. The summed E-state index contributed by atoms with van der Waals surface area (Å²) < 4.78 is 75.7. The molecule has 1 heterocycles. The van der Waals surface area contributed by atoms with Gasteiger partial charge in [0.2, 0.25) is 18.3 Å². The molecule has 3 aromatic rings. The van der Waals surface area contributed by atoms with E-state index in [2.05, 4.69) is 20.8 Å². The Hall–Kier alpha value is -4.07. The summed E-state index contributed by atoms with van der Waals surface area (Å²) in [4.78, 5) is 27.0. The fourth-order valence-corrected chi connectivity index (χ4v) is 4.79. The van der Waals surface area contributed by atoms with Crippen LogP contribution in [0.5, 0.6) is 0 Å². The Kier molecular flexibility index (Phi) is 9.21. The Morgan fingerprint density at radius 3 is 2.39 bits per heavy atom. The van der Waals surface area contributed by atoms with E-state index in [9.17, 15) is 31.5 Å². The molecule has 14 heteroatoms. The second kappa shape index (κ2) is 12.6. The summed E-state index contributed by atoms with van der Waals surface area (Å²) in [6.07, 6.45) is -2.15. The summed E-state index contributed by atoms with van der Waals surface area (Å²) in [6.45, 7) is 0.998. The van der Waals surface area contributed by atoms with Crippen molar-refractivity contribution in [2.24, 2.45) is 5.92 Å². The molecule has 1 aliphatic rings. The Bertz CT molecular complexity index is 1370. The first-order valence-corrected chi connectivity index (χ1v) is 12.9. The van der Waals surface area contributed by atoms with Crippen molar-refractivity contribution in [3.05, 3.63) is 70.9 Å². The molecule has 2 N–H and O–H groups in total. The molecule has 0 bridgehead atoms. The summed E-state index contributed by atoms with van der Waals surface area (Å²) in [5.41, 5.74) is -2.65. The minimum Gasteiger partial charge on any atom is -0.424 e. The molecule has 1 unspecified atom stereocenters. The number of carbonyl (C=O) groups is 2. The van der Waals surface area contributed by atoms with E-state index in [1.807, 2.05) is 19.4 Å². The predicted octanol–water partition coefficient (Wildman–Crippen LogP) is 6.30. The highest BCUT2D eigenvalue weighted by molar-refractivity contribution is 6.04. The number of nitrogens with one attached hydrogen (secondary N) is 2. The van der Waals surface area contributed by atoms with Gasteiger partial charge in [0, 0.05) is 30.6 Å². The SMILES string of the molecule is CN(C)CC1CCC([n+]2cc([N-]C(=O)Nc3cc(NC(=O)C(F)c4ccccc4F)cc(C(F)(F)F)c3)on2)CC1. The number of nitrogens with zero attached hydrogens (tertiary/aromatic N) is 4. The fraction of sp³-hybridized carbons (Fsp3) is 0.407. The first kappa shape index (κ1) is 29.9. The van der Waals surface area contributed by atoms with Crippen molar-refractivity contribution in [1.29, 1.82) is 0 Å². The van der Waals surface area contributed by atoms with Gasteiger partial charge in [-0.25, -0.2) is 8.78 Å². The topological polar surface area (TPSA) is 105 Å². The van der Waals surface area contributed by atoms with E-state index in [1.165, 1.54) is 18.3 Å². The number of carbonyl (C=O) groups excluding carboxylic acids is 2. The molecule has 0 spiro atoms. The van der Waals surface area contributed by atoms with Crippen LogP contribution in [-0.2, 0) is 11.0 Å². The Labute approximate surface area is 232 Å². The number of hydrogen-bond acceptors (Lipinski definition) is 5. The quantitative estimate of drug-likeness (QED) is 0.240. The molecular weight excluding hydrogens is 551 g/mol. The van der Waals surface area contributed by atoms with Gasteiger partial charge in [0.1, 0.15) is 5.82 Å². The molecule has 41 heavy (non-hydrogen) atoms. The van der Waals surface area contributed by atoms with Gasteiger partial charge >= 0.3 is 6.18 Å². The van der Waals surface area contributed by atoms with Crippen LogP contribution in [0.15, 0.2) is 53.2 Å². The third-order valence-electron chi connectivity index (χ3n) is 6.68. The van der Waals surface area contributed by atoms with Gasteiger partial charge in [-0.05, 0) is 62.8 Å². The number of hydrogen-bond donors (Lipinski definition) is 2. The maximum absolute atomic E-state index is 14.6. The lowest BCUT2D eigenvalue weighted by Crippen LogP contribution is -2.43. The van der Waals surface area contributed by atoms with Gasteiger partial charge in [0.25, 0.3) is 5.91 Å². The van der Waals surface area contributed by atoms with Gasteiger partial charge in [0.15, 0.2) is 17.3 Å². The number of benzene rings is 2. The summed E-state index contributed by atoms with van der Waals surface area (Å²) in [5, 5.41) is 11.8. The molecule has 1 aromatic heterocycles. The van der Waals surface area contributed by atoms with Gasteiger partial charge in [-0.1, -0.05) is 22.9 Å². The Morgan fingerprint density at radius 2 is 1.76 bits per heavy atom. The number of aromatic nitrogens is 2. The highest BCUT2D eigenvalue weighted by Gasteiger charge is 2.32. The van der Waals surface area contributed by atoms with Crippen molar-refractivity contribution in [3.8, 4) is 0 Å². The third kappa shape index (κ3) is 7.99. The zero-order chi connectivity index (χ0) is 29.7. The number of anilines is 2. The van der Waals surface area contributed by atoms with Crippen molar-refractivity contribution < 1.29 is 40.7 Å². The highest BCUT2D eigenvalue weighted by Crippen LogP contribution is 2.35. The second-order valence-corrected chi connectivity index (χ2v) is 10.2. The molecule has 1 aliphatic carbocycles. The molecule has 1 fully saturated rings. The summed E-state index contributed by atoms with van der Waals surface area (Å²) in [7, 11) is 4.06. The van der Waals surface area contributed by atoms with Gasteiger partial charge in [-0.3, -0.25) is 9.59 Å². The first-order chi connectivity index (χ1) is 19.4. The van der Waals surface area contributed by atoms with Gasteiger partial charge in [-0.15, -0.1) is 0 Å². The fourth-order valence-electron chi connectivity index (χ4n) is 4.79. The van der Waals surface area contributed by atoms with E-state index in [0.717, 1.165) is 50.4 Å². The minimum atomic E-state index is -4.86. The minimum absolute atomic E-state index is 0.0718. The Balaban J connectivity index is 1.41. The monoisotopic (exact) mass is 580 g/mol. The highest BCUT2D eigenvalue weighted by atomic mass is 19.4. The van der Waals surface area contributed by atoms with E-state index >= 15 is 0 Å². The van der Waals surface area contributed by atoms with Crippen LogP contribution in [0.4, 0.5) is 44.0 Å². The standard InChI is InChI=1S/C27H29F5N6O3/c1-37(2)14-16-7-9-20(10-8-16)38-15-23(41-36-38)35-26(40)34-19-12-17(27(30,31)32)11-18(13-19)33-25(39)24(29)21-5-3-4-6-22(21)28/h3-6,11-13,15-16,20,24H,7-10,14H2,1-2H3,(H2-,33,34,35,36,39,40). The van der Waals surface area contributed by atoms with E-state index in [-0.39, 0.29) is 17.6 Å². The van der Waals surface area contributed by atoms with Crippen molar-refractivity contribution in [2.45, 2.75) is 44.1 Å². The molecule has 4 rings (SSSR count). The molecule has 220 valence electrons. The number of amides is 3. The van der Waals surface area contributed by atoms with Crippen molar-refractivity contribution in [1.82, 2.24) is 10.2 Å². The maximum atomic E-state index is 14.6. The average molecular weight is 581 g/mol. The number of urea groups is 1. The molecule has 1 atom stereocenters. The predicted molar refractivity (Wildman–Crippen MR) is 139 cm³/mol. The zero-order valence-corrected chi connectivity index (χ0v) is 22.3. The molecule has 9 nitrogen and oxygen atoms in total. The average Bonchev–Trinajstić information content (AvgIpc) is 3.36. The lowest BCUT2D eigenvalue weighted by molar-refractivity contribution is -0.787. The molecule has 0 radical (unpaired) electrons. The number of halogens is 5. The van der Waals surface area contributed by atoms with Gasteiger partial charge < -0.3 is 25.4 Å². The van der Waals surface area contributed by atoms with Gasteiger partial charge in [-0.2, -0.15) is 13.2 Å². The molecule has 0 aliphatic heterocycles. The smallest absolute Gasteiger partial charge is 0.416 e. The first-order valence-electron chi connectivity index (χ1n) is 12.9. The van der Waals surface area contributed by atoms with Crippen LogP contribution in [0.25, 0.3) is 5.32 Å². The lowest BCUT2D eigenvalue weighted by Gasteiger charge is -2.26. The Morgan fingerprint density at radius 1 is 1.10 bits per heavy atom. The molecular formula is C27H29F5N6O3. The second-order valence-electron chi connectivity index (χ2n) is 10.2. The largest absolute Gasteiger partial charge is 0.424 e. The van der Waals surface area contributed by atoms with Crippen LogP contribution in [-0.4, -0.2) is 42.7 Å². The normalized spacial score (nSPS) is 18.1. The summed E-state index contributed by atoms with van der Waals surface area (Å²) >= 11 is 0. The van der Waals surface area contributed by atoms with Crippen molar-refractivity contribution in [3.63, 3.8) is 0 Å². The van der Waals surface area contributed by atoms with E-state index < -0.39 is 46.9 Å². The summed E-state index contributed by atoms with van der Waals surface area (Å²) in [6, 6.07) is 5.79. The van der Waals surface area contributed by atoms with E-state index in [0.29, 0.717) is 18.1 Å². The van der Waals surface area contributed by atoms with E-state index in [4.69, 9.17) is 4.52 Å². The van der Waals surface area contributed by atoms with Crippen LogP contribution in [0.2, 0.25) is 0 Å². The molecule has 0 saturated heterocycles. The van der Waals surface area contributed by atoms with Crippen molar-refractivity contribution in [2.75, 3.05) is 31.3 Å². The van der Waals surface area contributed by atoms with Crippen molar-refractivity contribution >= 4 is 29.2 Å². The van der Waals surface area contributed by atoms with Crippen LogP contribution < -0.4 is 15.3 Å². The van der Waals surface area contributed by atoms with Gasteiger partial charge in [0.05, 0.1) is 5.56 Å². The molecule has 3 amide bonds. The zero-order valence-electron chi connectivity index (χ0n) is 22.3. The van der Waals surface area contributed by atoms with E-state index in [1.54, 1.807) is 4.68 Å². The molecule has 2 aromatic carbocycles. The third-order valence-corrected chi connectivity index (χ3v) is 6.68. The van der Waals surface area contributed by atoms with Crippen LogP contribution >= 0.6 is 0 Å². The van der Waals surface area contributed by atoms with Crippen LogP contribution in [0.1, 0.15) is 49.0 Å². The maximum Gasteiger partial charge on any atom is 0.416 e.